The maximum Gasteiger partial charge on any atom is 0.236 e. The molecular formula is C12H24ClN3O2. The molecule has 0 unspecified atom stereocenters. The van der Waals surface area contributed by atoms with Crippen molar-refractivity contribution in [3.63, 3.8) is 0 Å². The van der Waals surface area contributed by atoms with Crippen molar-refractivity contribution in [3.05, 3.63) is 0 Å². The molecule has 6 heteroatoms. The molecule has 0 heterocycles. The number of amides is 2. The Kier molecular flexibility index (Phi) is 8.75. The van der Waals surface area contributed by atoms with Crippen molar-refractivity contribution >= 4 is 24.2 Å². The summed E-state index contributed by atoms with van der Waals surface area (Å²) in [5.74, 6) is -0.197. The average molecular weight is 278 g/mol. The fraction of sp³-hybridized carbons (Fsp3) is 0.833. The van der Waals surface area contributed by atoms with Crippen LogP contribution in [0.25, 0.3) is 0 Å². The van der Waals surface area contributed by atoms with Gasteiger partial charge in [0.15, 0.2) is 0 Å². The first-order chi connectivity index (χ1) is 8.09. The van der Waals surface area contributed by atoms with E-state index in [4.69, 9.17) is 5.73 Å². The van der Waals surface area contributed by atoms with Crippen LogP contribution in [-0.2, 0) is 9.59 Å². The van der Waals surface area contributed by atoms with Crippen LogP contribution in [0.2, 0.25) is 0 Å². The van der Waals surface area contributed by atoms with E-state index in [9.17, 15) is 9.59 Å². The van der Waals surface area contributed by atoms with Crippen molar-refractivity contribution < 1.29 is 9.59 Å². The van der Waals surface area contributed by atoms with Crippen molar-refractivity contribution in [1.82, 2.24) is 10.6 Å². The van der Waals surface area contributed by atoms with Gasteiger partial charge in [-0.15, -0.1) is 12.4 Å². The molecule has 1 atom stereocenters. The molecule has 0 aromatic rings. The van der Waals surface area contributed by atoms with Crippen LogP contribution in [0.3, 0.4) is 0 Å². The average Bonchev–Trinajstić information content (AvgIpc) is 2.30. The number of carbonyl (C=O) groups excluding carboxylic acids is 2. The Labute approximate surface area is 115 Å². The van der Waals surface area contributed by atoms with Gasteiger partial charge in [0.05, 0.1) is 6.04 Å². The summed E-state index contributed by atoms with van der Waals surface area (Å²) in [7, 11) is 0. The molecule has 0 aliphatic heterocycles. The molecule has 0 aromatic heterocycles. The van der Waals surface area contributed by atoms with Crippen molar-refractivity contribution in [2.45, 2.75) is 57.5 Å². The number of rotatable bonds is 5. The highest BCUT2D eigenvalue weighted by molar-refractivity contribution is 5.85. The van der Waals surface area contributed by atoms with Crippen LogP contribution in [0.1, 0.15) is 45.4 Å². The lowest BCUT2D eigenvalue weighted by Crippen LogP contribution is -2.41. The van der Waals surface area contributed by atoms with Gasteiger partial charge in [-0.05, 0) is 19.8 Å². The van der Waals surface area contributed by atoms with Gasteiger partial charge in [-0.25, -0.2) is 0 Å². The quantitative estimate of drug-likeness (QED) is 0.692. The van der Waals surface area contributed by atoms with Gasteiger partial charge in [0.1, 0.15) is 0 Å². The smallest absolute Gasteiger partial charge is 0.236 e. The number of carbonyl (C=O) groups is 2. The molecule has 1 fully saturated rings. The van der Waals surface area contributed by atoms with Crippen molar-refractivity contribution in [2.75, 3.05) is 6.54 Å². The number of hydrogen-bond acceptors (Lipinski definition) is 3. The van der Waals surface area contributed by atoms with E-state index in [-0.39, 0.29) is 24.2 Å². The van der Waals surface area contributed by atoms with Crippen LogP contribution in [0.4, 0.5) is 0 Å². The lowest BCUT2D eigenvalue weighted by atomic mass is 9.95. The largest absolute Gasteiger partial charge is 0.354 e. The van der Waals surface area contributed by atoms with E-state index < -0.39 is 6.04 Å². The molecule has 2 amide bonds. The summed E-state index contributed by atoms with van der Waals surface area (Å²) in [6, 6.07) is -0.184. The Bertz CT molecular complexity index is 266. The van der Waals surface area contributed by atoms with E-state index in [1.54, 1.807) is 6.92 Å². The standard InChI is InChI=1S/C12H23N3O2.ClH/c1-9(13)12(17)14-8-7-11(16)15-10-5-3-2-4-6-10;/h9-10H,2-8,13H2,1H3,(H,14,17)(H,15,16);1H/t9-;/m0./s1. The minimum absolute atomic E-state index is 0. The lowest BCUT2D eigenvalue weighted by molar-refractivity contribution is -0.123. The minimum Gasteiger partial charge on any atom is -0.354 e. The van der Waals surface area contributed by atoms with Crippen molar-refractivity contribution in [3.8, 4) is 0 Å². The lowest BCUT2D eigenvalue weighted by Gasteiger charge is -2.22. The molecule has 5 nitrogen and oxygen atoms in total. The van der Waals surface area contributed by atoms with Crippen LogP contribution in [0.15, 0.2) is 0 Å². The van der Waals surface area contributed by atoms with Crippen LogP contribution >= 0.6 is 12.4 Å². The molecule has 106 valence electrons. The maximum atomic E-state index is 11.6. The first kappa shape index (κ1) is 17.2. The fourth-order valence-corrected chi connectivity index (χ4v) is 2.01. The summed E-state index contributed by atoms with van der Waals surface area (Å²) in [5.41, 5.74) is 5.39. The molecule has 0 spiro atoms. The highest BCUT2D eigenvalue weighted by Gasteiger charge is 2.15. The van der Waals surface area contributed by atoms with Gasteiger partial charge >= 0.3 is 0 Å². The Hall–Kier alpha value is -0.810. The van der Waals surface area contributed by atoms with Gasteiger partial charge in [-0.3, -0.25) is 9.59 Å². The second-order valence-electron chi connectivity index (χ2n) is 4.73. The second-order valence-corrected chi connectivity index (χ2v) is 4.73. The summed E-state index contributed by atoms with van der Waals surface area (Å²) in [6.07, 6.45) is 6.17. The Morgan fingerprint density at radius 3 is 2.44 bits per heavy atom. The summed E-state index contributed by atoms with van der Waals surface area (Å²) in [4.78, 5) is 22.7. The van der Waals surface area contributed by atoms with Crippen LogP contribution in [-0.4, -0.2) is 30.4 Å². The molecule has 0 aromatic carbocycles. The third-order valence-electron chi connectivity index (χ3n) is 3.04. The molecule has 0 saturated heterocycles. The highest BCUT2D eigenvalue weighted by Crippen LogP contribution is 2.17. The highest BCUT2D eigenvalue weighted by atomic mass is 35.5. The van der Waals surface area contributed by atoms with Crippen LogP contribution in [0, 0.1) is 0 Å². The number of hydrogen-bond donors (Lipinski definition) is 3. The molecule has 1 aliphatic rings. The van der Waals surface area contributed by atoms with Gasteiger partial charge in [0.2, 0.25) is 11.8 Å². The molecule has 4 N–H and O–H groups in total. The third kappa shape index (κ3) is 6.81. The normalized spacial score (nSPS) is 17.4. The Morgan fingerprint density at radius 2 is 1.89 bits per heavy atom. The van der Waals surface area contributed by atoms with E-state index in [1.165, 1.54) is 19.3 Å². The summed E-state index contributed by atoms with van der Waals surface area (Å²) < 4.78 is 0. The first-order valence-electron chi connectivity index (χ1n) is 6.42. The van der Waals surface area contributed by atoms with Gasteiger partial charge < -0.3 is 16.4 Å². The van der Waals surface area contributed by atoms with E-state index in [0.29, 0.717) is 19.0 Å². The van der Waals surface area contributed by atoms with Gasteiger partial charge in [-0.1, -0.05) is 19.3 Å². The SMILES string of the molecule is C[C@H](N)C(=O)NCCC(=O)NC1CCCCC1.Cl. The van der Waals surface area contributed by atoms with Crippen molar-refractivity contribution in [1.29, 1.82) is 0 Å². The maximum absolute atomic E-state index is 11.6. The Morgan fingerprint density at radius 1 is 1.28 bits per heavy atom. The second kappa shape index (κ2) is 9.16. The summed E-state index contributed by atoms with van der Waals surface area (Å²) in [6.45, 7) is 1.98. The zero-order valence-electron chi connectivity index (χ0n) is 10.9. The molecule has 1 saturated carbocycles. The summed E-state index contributed by atoms with van der Waals surface area (Å²) in [5, 5.41) is 5.63. The van der Waals surface area contributed by atoms with Crippen LogP contribution < -0.4 is 16.4 Å². The van der Waals surface area contributed by atoms with Crippen LogP contribution in [0.5, 0.6) is 0 Å². The molecule has 1 aliphatic carbocycles. The van der Waals surface area contributed by atoms with Gasteiger partial charge in [0.25, 0.3) is 0 Å². The zero-order chi connectivity index (χ0) is 12.7. The van der Waals surface area contributed by atoms with Crippen molar-refractivity contribution in [2.24, 2.45) is 5.73 Å². The van der Waals surface area contributed by atoms with Gasteiger partial charge in [0, 0.05) is 19.0 Å². The zero-order valence-corrected chi connectivity index (χ0v) is 11.7. The summed E-state index contributed by atoms with van der Waals surface area (Å²) >= 11 is 0. The minimum atomic E-state index is -0.517. The van der Waals surface area contributed by atoms with E-state index in [0.717, 1.165) is 12.8 Å². The predicted molar refractivity (Wildman–Crippen MR) is 73.5 cm³/mol. The first-order valence-corrected chi connectivity index (χ1v) is 6.42. The number of halogens is 1. The van der Waals surface area contributed by atoms with E-state index >= 15 is 0 Å². The van der Waals surface area contributed by atoms with E-state index in [1.807, 2.05) is 0 Å². The number of nitrogens with one attached hydrogen (secondary N) is 2. The molecule has 1 rings (SSSR count). The number of nitrogens with two attached hydrogens (primary N) is 1. The van der Waals surface area contributed by atoms with Gasteiger partial charge in [-0.2, -0.15) is 0 Å². The Balaban J connectivity index is 0.00000289. The molecule has 0 bridgehead atoms. The predicted octanol–water partition coefficient (Wildman–Crippen LogP) is 0.711. The third-order valence-corrected chi connectivity index (χ3v) is 3.04. The molecular weight excluding hydrogens is 254 g/mol. The molecule has 0 radical (unpaired) electrons. The fourth-order valence-electron chi connectivity index (χ4n) is 2.01. The monoisotopic (exact) mass is 277 g/mol. The molecule has 18 heavy (non-hydrogen) atoms. The topological polar surface area (TPSA) is 84.2 Å². The van der Waals surface area contributed by atoms with E-state index in [2.05, 4.69) is 10.6 Å².